The normalized spacial score (nSPS) is 13.7. The molecule has 3 rings (SSSR count). The van der Waals surface area contributed by atoms with Crippen LogP contribution in [0.2, 0.25) is 0 Å². The van der Waals surface area contributed by atoms with Crippen LogP contribution in [0.1, 0.15) is 27.0 Å². The van der Waals surface area contributed by atoms with Gasteiger partial charge in [0.1, 0.15) is 12.3 Å². The van der Waals surface area contributed by atoms with Crippen molar-refractivity contribution < 1.29 is 19.1 Å². The van der Waals surface area contributed by atoms with Crippen LogP contribution < -0.4 is 4.74 Å². The maximum absolute atomic E-state index is 12.4. The van der Waals surface area contributed by atoms with Gasteiger partial charge >= 0.3 is 5.97 Å². The predicted octanol–water partition coefficient (Wildman–Crippen LogP) is 2.43. The Morgan fingerprint density at radius 2 is 1.71 bits per heavy atom. The molecule has 0 spiro atoms. The third kappa shape index (κ3) is 2.93. The summed E-state index contributed by atoms with van der Waals surface area (Å²) in [6.45, 7) is 3.28. The summed E-state index contributed by atoms with van der Waals surface area (Å²) >= 11 is 0. The van der Waals surface area contributed by atoms with Crippen molar-refractivity contribution in [3.63, 3.8) is 0 Å². The molecule has 1 aliphatic rings. The van der Waals surface area contributed by atoms with Gasteiger partial charge in [-0.2, -0.15) is 0 Å². The number of carbonyl (C=O) groups is 3. The molecule has 0 aliphatic carbocycles. The Morgan fingerprint density at radius 3 is 2.42 bits per heavy atom. The SMILES string of the molecule is Cc1cccc(C)c1OC(=O)CN1C(=O)Cc2ccccc2C1=O. The van der Waals surface area contributed by atoms with Gasteiger partial charge in [0, 0.05) is 5.56 Å². The maximum Gasteiger partial charge on any atom is 0.331 e. The van der Waals surface area contributed by atoms with Crippen molar-refractivity contribution in [2.45, 2.75) is 20.3 Å². The maximum atomic E-state index is 12.4. The highest BCUT2D eigenvalue weighted by Crippen LogP contribution is 2.23. The minimum absolute atomic E-state index is 0.110. The number of amides is 2. The first-order valence-electron chi connectivity index (χ1n) is 7.67. The Morgan fingerprint density at radius 1 is 1.04 bits per heavy atom. The number of carbonyl (C=O) groups excluding carboxylic acids is 3. The topological polar surface area (TPSA) is 63.7 Å². The molecule has 0 radical (unpaired) electrons. The molecule has 0 saturated carbocycles. The van der Waals surface area contributed by atoms with Gasteiger partial charge < -0.3 is 4.74 Å². The van der Waals surface area contributed by atoms with E-state index in [0.29, 0.717) is 16.9 Å². The van der Waals surface area contributed by atoms with Crippen molar-refractivity contribution in [3.8, 4) is 5.75 Å². The zero-order valence-electron chi connectivity index (χ0n) is 13.5. The van der Waals surface area contributed by atoms with E-state index in [4.69, 9.17) is 4.74 Å². The van der Waals surface area contributed by atoms with Crippen molar-refractivity contribution in [3.05, 3.63) is 64.7 Å². The van der Waals surface area contributed by atoms with Crippen molar-refractivity contribution in [2.75, 3.05) is 6.54 Å². The second kappa shape index (κ2) is 6.28. The van der Waals surface area contributed by atoms with E-state index in [-0.39, 0.29) is 13.0 Å². The van der Waals surface area contributed by atoms with Crippen LogP contribution in [0.15, 0.2) is 42.5 Å². The number of aryl methyl sites for hydroxylation is 2. The summed E-state index contributed by atoms with van der Waals surface area (Å²) in [5, 5.41) is 0. The molecule has 5 heteroatoms. The molecule has 122 valence electrons. The van der Waals surface area contributed by atoms with Crippen LogP contribution in [0.3, 0.4) is 0 Å². The van der Waals surface area contributed by atoms with Crippen molar-refractivity contribution >= 4 is 17.8 Å². The number of imide groups is 1. The Bertz CT molecular complexity index is 821. The number of hydrogen-bond donors (Lipinski definition) is 0. The lowest BCUT2D eigenvalue weighted by Crippen LogP contribution is -2.45. The molecule has 24 heavy (non-hydrogen) atoms. The zero-order valence-corrected chi connectivity index (χ0v) is 13.5. The molecule has 2 aromatic rings. The molecule has 0 fully saturated rings. The van der Waals surface area contributed by atoms with Gasteiger partial charge in [0.15, 0.2) is 0 Å². The summed E-state index contributed by atoms with van der Waals surface area (Å²) in [6, 6.07) is 12.5. The molecule has 0 N–H and O–H groups in total. The van der Waals surface area contributed by atoms with Crippen molar-refractivity contribution in [2.24, 2.45) is 0 Å². The smallest absolute Gasteiger partial charge is 0.331 e. The number of fused-ring (bicyclic) bond motifs is 1. The van der Waals surface area contributed by atoms with E-state index in [0.717, 1.165) is 16.0 Å². The van der Waals surface area contributed by atoms with E-state index in [1.54, 1.807) is 24.3 Å². The molecular weight excluding hydrogens is 306 g/mol. The van der Waals surface area contributed by atoms with Crippen LogP contribution in [-0.2, 0) is 16.0 Å². The molecule has 0 atom stereocenters. The average Bonchev–Trinajstić information content (AvgIpc) is 2.55. The Labute approximate surface area is 139 Å². The van der Waals surface area contributed by atoms with Gasteiger partial charge in [-0.3, -0.25) is 14.5 Å². The van der Waals surface area contributed by atoms with Gasteiger partial charge in [-0.05, 0) is 36.6 Å². The molecule has 1 aliphatic heterocycles. The molecule has 0 saturated heterocycles. The highest BCUT2D eigenvalue weighted by atomic mass is 16.5. The summed E-state index contributed by atoms with van der Waals surface area (Å²) in [7, 11) is 0. The second-order valence-electron chi connectivity index (χ2n) is 5.81. The number of esters is 1. The number of benzene rings is 2. The van der Waals surface area contributed by atoms with Gasteiger partial charge in [-0.15, -0.1) is 0 Å². The van der Waals surface area contributed by atoms with Gasteiger partial charge in [0.25, 0.3) is 5.91 Å². The molecular formula is C19H17NO4. The first-order valence-corrected chi connectivity index (χ1v) is 7.67. The van der Waals surface area contributed by atoms with Crippen LogP contribution in [0, 0.1) is 13.8 Å². The average molecular weight is 323 g/mol. The quantitative estimate of drug-likeness (QED) is 0.494. The predicted molar refractivity (Wildman–Crippen MR) is 87.7 cm³/mol. The molecule has 0 unspecified atom stereocenters. The lowest BCUT2D eigenvalue weighted by Gasteiger charge is -2.26. The third-order valence-corrected chi connectivity index (χ3v) is 4.05. The summed E-state index contributed by atoms with van der Waals surface area (Å²) in [4.78, 5) is 37.8. The minimum Gasteiger partial charge on any atom is -0.425 e. The molecule has 5 nitrogen and oxygen atoms in total. The van der Waals surface area contributed by atoms with Gasteiger partial charge in [0.2, 0.25) is 5.91 Å². The van der Waals surface area contributed by atoms with E-state index >= 15 is 0 Å². The Balaban J connectivity index is 1.78. The van der Waals surface area contributed by atoms with Crippen LogP contribution in [0.4, 0.5) is 0 Å². The zero-order chi connectivity index (χ0) is 17.3. The van der Waals surface area contributed by atoms with Crippen LogP contribution in [0.25, 0.3) is 0 Å². The van der Waals surface area contributed by atoms with Gasteiger partial charge in [0.05, 0.1) is 6.42 Å². The summed E-state index contributed by atoms with van der Waals surface area (Å²) in [5.74, 6) is -1.01. The third-order valence-electron chi connectivity index (χ3n) is 4.05. The number of rotatable bonds is 3. The first-order chi connectivity index (χ1) is 11.5. The molecule has 1 heterocycles. The Hall–Kier alpha value is -2.95. The fourth-order valence-corrected chi connectivity index (χ4v) is 2.80. The number of para-hydroxylation sites is 1. The highest BCUT2D eigenvalue weighted by molar-refractivity contribution is 6.11. The highest BCUT2D eigenvalue weighted by Gasteiger charge is 2.32. The van der Waals surface area contributed by atoms with E-state index in [1.165, 1.54) is 0 Å². The fourth-order valence-electron chi connectivity index (χ4n) is 2.80. The van der Waals surface area contributed by atoms with E-state index in [9.17, 15) is 14.4 Å². The van der Waals surface area contributed by atoms with E-state index in [2.05, 4.69) is 0 Å². The molecule has 2 aromatic carbocycles. The van der Waals surface area contributed by atoms with E-state index in [1.807, 2.05) is 32.0 Å². The lowest BCUT2D eigenvalue weighted by atomic mass is 9.98. The number of hydrogen-bond acceptors (Lipinski definition) is 4. The molecule has 0 bridgehead atoms. The van der Waals surface area contributed by atoms with Crippen molar-refractivity contribution in [1.82, 2.24) is 4.90 Å². The second-order valence-corrected chi connectivity index (χ2v) is 5.81. The Kier molecular flexibility index (Phi) is 4.16. The molecule has 2 amide bonds. The largest absolute Gasteiger partial charge is 0.425 e. The molecule has 0 aromatic heterocycles. The minimum atomic E-state index is -0.631. The van der Waals surface area contributed by atoms with Gasteiger partial charge in [-0.1, -0.05) is 36.4 Å². The van der Waals surface area contributed by atoms with Crippen molar-refractivity contribution in [1.29, 1.82) is 0 Å². The van der Waals surface area contributed by atoms with Crippen LogP contribution in [-0.4, -0.2) is 29.2 Å². The monoisotopic (exact) mass is 323 g/mol. The fraction of sp³-hybridized carbons (Fsp3) is 0.211. The number of nitrogens with zero attached hydrogens (tertiary/aromatic N) is 1. The summed E-state index contributed by atoms with van der Waals surface area (Å²) < 4.78 is 5.38. The van der Waals surface area contributed by atoms with Gasteiger partial charge in [-0.25, -0.2) is 4.79 Å². The summed E-state index contributed by atoms with van der Waals surface area (Å²) in [5.41, 5.74) is 2.79. The van der Waals surface area contributed by atoms with Crippen LogP contribution in [0.5, 0.6) is 5.75 Å². The first kappa shape index (κ1) is 15.9. The standard InChI is InChI=1S/C19H17NO4/c1-12-6-5-7-13(2)18(12)24-17(22)11-20-16(21)10-14-8-3-4-9-15(14)19(20)23/h3-9H,10-11H2,1-2H3. The summed E-state index contributed by atoms with van der Waals surface area (Å²) in [6.07, 6.45) is 0.110. The van der Waals surface area contributed by atoms with E-state index < -0.39 is 17.8 Å². The van der Waals surface area contributed by atoms with Crippen LogP contribution >= 0.6 is 0 Å². The number of ether oxygens (including phenoxy) is 1. The lowest BCUT2D eigenvalue weighted by molar-refractivity contribution is -0.140.